The third-order valence-electron chi connectivity index (χ3n) is 5.90. The van der Waals surface area contributed by atoms with E-state index in [1.807, 2.05) is 54.7 Å². The van der Waals surface area contributed by atoms with Crippen LogP contribution in [0.4, 0.5) is 0 Å². The molecular formula is C25H30N4O3. The lowest BCUT2D eigenvalue weighted by molar-refractivity contribution is -0.124. The Bertz CT molecular complexity index is 1160. The molecule has 2 aromatic heterocycles. The van der Waals surface area contributed by atoms with Gasteiger partial charge in [0.05, 0.1) is 29.2 Å². The molecule has 0 spiro atoms. The third-order valence-corrected chi connectivity index (χ3v) is 5.90. The summed E-state index contributed by atoms with van der Waals surface area (Å²) in [5, 5.41) is 4.10. The van der Waals surface area contributed by atoms with E-state index < -0.39 is 0 Å². The van der Waals surface area contributed by atoms with Crippen LogP contribution in [-0.4, -0.2) is 40.8 Å². The van der Waals surface area contributed by atoms with Gasteiger partial charge >= 0.3 is 0 Å². The van der Waals surface area contributed by atoms with E-state index in [-0.39, 0.29) is 24.5 Å². The van der Waals surface area contributed by atoms with Gasteiger partial charge in [-0.25, -0.2) is 4.98 Å². The summed E-state index contributed by atoms with van der Waals surface area (Å²) in [6.45, 7) is 5.56. The number of aromatic nitrogens is 3. The summed E-state index contributed by atoms with van der Waals surface area (Å²) >= 11 is 0. The van der Waals surface area contributed by atoms with E-state index in [1.54, 1.807) is 7.11 Å². The highest BCUT2D eigenvalue weighted by atomic mass is 16.5. The van der Waals surface area contributed by atoms with E-state index in [1.165, 1.54) is 0 Å². The number of imidazole rings is 1. The minimum absolute atomic E-state index is 0.0600. The highest BCUT2D eigenvalue weighted by Crippen LogP contribution is 2.27. The van der Waals surface area contributed by atoms with Crippen LogP contribution in [0.15, 0.2) is 54.7 Å². The van der Waals surface area contributed by atoms with Crippen molar-refractivity contribution in [3.8, 4) is 5.75 Å². The fourth-order valence-electron chi connectivity index (χ4n) is 3.90. The third kappa shape index (κ3) is 4.62. The van der Waals surface area contributed by atoms with Gasteiger partial charge in [-0.3, -0.25) is 4.79 Å². The highest BCUT2D eigenvalue weighted by molar-refractivity contribution is 5.87. The number of nitrogens with zero attached hydrogens (tertiary/aromatic N) is 2. The van der Waals surface area contributed by atoms with Crippen molar-refractivity contribution < 1.29 is 14.3 Å². The molecule has 0 aliphatic rings. The minimum atomic E-state index is -0.214. The van der Waals surface area contributed by atoms with Gasteiger partial charge in [-0.15, -0.1) is 0 Å². The number of hydrogen-bond acceptors (Lipinski definition) is 4. The van der Waals surface area contributed by atoms with Crippen molar-refractivity contribution in [1.29, 1.82) is 0 Å². The van der Waals surface area contributed by atoms with Crippen LogP contribution in [0, 0.1) is 5.92 Å². The molecule has 1 amide bonds. The average Bonchev–Trinajstić information content (AvgIpc) is 3.43. The van der Waals surface area contributed by atoms with Crippen molar-refractivity contribution in [2.75, 3.05) is 20.3 Å². The Morgan fingerprint density at radius 3 is 2.81 bits per heavy atom. The number of fused-ring (bicyclic) bond motifs is 2. The standard InChI is InChI=1S/C25H30N4O3/c1-4-17(2)24(25-26-19-8-5-6-9-20(19)27-25)28-23(30)16-32-22-11-7-10-21-18(22)12-13-29(21)14-15-31-3/h5-13,17,24H,4,14-16H2,1-3H3,(H,26,27)(H,28,30). The summed E-state index contributed by atoms with van der Waals surface area (Å²) < 4.78 is 13.2. The first-order valence-corrected chi connectivity index (χ1v) is 11.0. The largest absolute Gasteiger partial charge is 0.483 e. The lowest BCUT2D eigenvalue weighted by Gasteiger charge is -2.22. The Labute approximate surface area is 187 Å². The van der Waals surface area contributed by atoms with Crippen LogP contribution in [0.5, 0.6) is 5.75 Å². The quantitative estimate of drug-likeness (QED) is 0.386. The van der Waals surface area contributed by atoms with Gasteiger partial charge in [0, 0.05) is 25.2 Å². The summed E-state index contributed by atoms with van der Waals surface area (Å²) in [6.07, 6.45) is 2.92. The van der Waals surface area contributed by atoms with Gasteiger partial charge in [0.1, 0.15) is 11.6 Å². The maximum atomic E-state index is 12.8. The fourth-order valence-corrected chi connectivity index (χ4v) is 3.90. The van der Waals surface area contributed by atoms with Crippen LogP contribution in [0.25, 0.3) is 21.9 Å². The molecule has 0 fully saturated rings. The number of rotatable bonds is 10. The van der Waals surface area contributed by atoms with Crippen molar-refractivity contribution in [3.05, 3.63) is 60.6 Å². The van der Waals surface area contributed by atoms with Crippen molar-refractivity contribution in [2.24, 2.45) is 5.92 Å². The molecule has 7 heteroatoms. The van der Waals surface area contributed by atoms with Gasteiger partial charge in [0.2, 0.25) is 0 Å². The van der Waals surface area contributed by atoms with Gasteiger partial charge in [-0.2, -0.15) is 0 Å². The van der Waals surface area contributed by atoms with Crippen LogP contribution in [0.3, 0.4) is 0 Å². The second kappa shape index (κ2) is 9.87. The molecule has 0 aliphatic heterocycles. The van der Waals surface area contributed by atoms with Crippen molar-refractivity contribution in [1.82, 2.24) is 19.9 Å². The predicted octanol–water partition coefficient (Wildman–Crippen LogP) is 4.45. The Morgan fingerprint density at radius 1 is 1.19 bits per heavy atom. The first-order chi connectivity index (χ1) is 15.6. The van der Waals surface area contributed by atoms with E-state index in [2.05, 4.69) is 28.7 Å². The molecule has 168 valence electrons. The fraction of sp³-hybridized carbons (Fsp3) is 0.360. The molecule has 0 saturated carbocycles. The number of aromatic amines is 1. The zero-order chi connectivity index (χ0) is 22.5. The van der Waals surface area contributed by atoms with Gasteiger partial charge < -0.3 is 24.3 Å². The molecule has 0 bridgehead atoms. The number of carbonyl (C=O) groups is 1. The Kier molecular flexibility index (Phi) is 6.75. The van der Waals surface area contributed by atoms with E-state index in [0.29, 0.717) is 12.4 Å². The molecular weight excluding hydrogens is 404 g/mol. The Balaban J connectivity index is 1.46. The molecule has 0 aliphatic carbocycles. The maximum absolute atomic E-state index is 12.8. The number of amides is 1. The van der Waals surface area contributed by atoms with Gasteiger partial charge in [0.15, 0.2) is 6.61 Å². The number of ether oxygens (including phenoxy) is 2. The van der Waals surface area contributed by atoms with Crippen molar-refractivity contribution in [2.45, 2.75) is 32.9 Å². The smallest absolute Gasteiger partial charge is 0.258 e. The number of carbonyl (C=O) groups excluding carboxylic acids is 1. The molecule has 7 nitrogen and oxygen atoms in total. The van der Waals surface area contributed by atoms with E-state index in [4.69, 9.17) is 14.5 Å². The molecule has 2 unspecified atom stereocenters. The number of nitrogens with one attached hydrogen (secondary N) is 2. The van der Waals surface area contributed by atoms with Gasteiger partial charge in [-0.05, 0) is 36.2 Å². The molecule has 2 aromatic carbocycles. The predicted molar refractivity (Wildman–Crippen MR) is 126 cm³/mol. The minimum Gasteiger partial charge on any atom is -0.483 e. The number of methoxy groups -OCH3 is 1. The lowest BCUT2D eigenvalue weighted by atomic mass is 9.98. The Hall–Kier alpha value is -3.32. The zero-order valence-electron chi connectivity index (χ0n) is 18.8. The SMILES string of the molecule is CCC(C)C(NC(=O)COc1cccc2c1ccn2CCOC)c1nc2ccccc2[nH]1. The molecule has 32 heavy (non-hydrogen) atoms. The van der Waals surface area contributed by atoms with Crippen LogP contribution < -0.4 is 10.1 Å². The number of hydrogen-bond donors (Lipinski definition) is 2. The lowest BCUT2D eigenvalue weighted by Crippen LogP contribution is -2.36. The molecule has 2 atom stereocenters. The zero-order valence-corrected chi connectivity index (χ0v) is 18.8. The highest BCUT2D eigenvalue weighted by Gasteiger charge is 2.24. The van der Waals surface area contributed by atoms with E-state index in [0.717, 1.165) is 40.7 Å². The van der Waals surface area contributed by atoms with Crippen molar-refractivity contribution in [3.63, 3.8) is 0 Å². The average molecular weight is 435 g/mol. The van der Waals surface area contributed by atoms with E-state index in [9.17, 15) is 4.79 Å². The first-order valence-electron chi connectivity index (χ1n) is 11.0. The summed E-state index contributed by atoms with van der Waals surface area (Å²) in [7, 11) is 1.69. The van der Waals surface area contributed by atoms with Crippen LogP contribution >= 0.6 is 0 Å². The summed E-state index contributed by atoms with van der Waals surface area (Å²) in [5.41, 5.74) is 2.91. The van der Waals surface area contributed by atoms with Crippen LogP contribution in [0.1, 0.15) is 32.1 Å². The monoisotopic (exact) mass is 434 g/mol. The Morgan fingerprint density at radius 2 is 2.03 bits per heavy atom. The van der Waals surface area contributed by atoms with Gasteiger partial charge in [0.25, 0.3) is 5.91 Å². The normalized spacial score (nSPS) is 13.3. The maximum Gasteiger partial charge on any atom is 0.258 e. The summed E-state index contributed by atoms with van der Waals surface area (Å²) in [5.74, 6) is 1.51. The first kappa shape index (κ1) is 21.9. The number of para-hydroxylation sites is 2. The van der Waals surface area contributed by atoms with Gasteiger partial charge in [-0.1, -0.05) is 38.5 Å². The number of H-pyrrole nitrogens is 1. The topological polar surface area (TPSA) is 81.2 Å². The van der Waals surface area contributed by atoms with Crippen molar-refractivity contribution >= 4 is 27.8 Å². The molecule has 2 N–H and O–H groups in total. The molecule has 2 heterocycles. The van der Waals surface area contributed by atoms with Crippen LogP contribution in [0.2, 0.25) is 0 Å². The molecule has 0 saturated heterocycles. The molecule has 4 aromatic rings. The summed E-state index contributed by atoms with van der Waals surface area (Å²) in [4.78, 5) is 20.9. The summed E-state index contributed by atoms with van der Waals surface area (Å²) in [6, 6.07) is 15.6. The second-order valence-corrected chi connectivity index (χ2v) is 8.05. The number of benzene rings is 2. The second-order valence-electron chi connectivity index (χ2n) is 8.05. The van der Waals surface area contributed by atoms with E-state index >= 15 is 0 Å². The van der Waals surface area contributed by atoms with Crippen LogP contribution in [-0.2, 0) is 16.1 Å². The molecule has 0 radical (unpaired) electrons. The molecule has 4 rings (SSSR count).